The van der Waals surface area contributed by atoms with Gasteiger partial charge in [-0.1, -0.05) is 18.2 Å². The van der Waals surface area contributed by atoms with Gasteiger partial charge in [0.05, 0.1) is 23.7 Å². The summed E-state index contributed by atoms with van der Waals surface area (Å²) in [5.74, 6) is -2.76. The molecule has 6 nitrogen and oxygen atoms in total. The van der Waals surface area contributed by atoms with Crippen molar-refractivity contribution in [3.8, 4) is 0 Å². The van der Waals surface area contributed by atoms with E-state index in [1.165, 1.54) is 18.2 Å². The Morgan fingerprint density at radius 2 is 1.50 bits per heavy atom. The van der Waals surface area contributed by atoms with Crippen LogP contribution in [0.5, 0.6) is 0 Å². The maximum Gasteiger partial charge on any atom is 0.408 e. The molecule has 2 aromatic carbocycles. The van der Waals surface area contributed by atoms with E-state index in [0.717, 1.165) is 21.9 Å². The Bertz CT molecular complexity index is 961. The van der Waals surface area contributed by atoms with Crippen molar-refractivity contribution in [1.29, 1.82) is 0 Å². The second kappa shape index (κ2) is 7.85. The van der Waals surface area contributed by atoms with E-state index in [9.17, 15) is 28.3 Å². The van der Waals surface area contributed by atoms with E-state index in [0.29, 0.717) is 0 Å². The summed E-state index contributed by atoms with van der Waals surface area (Å²) >= 11 is 0. The standard InChI is InChI=1S/C22H22F2N2O4/c1-22(2,3)26(21(29)30)13(11-16-17(23)9-6-10-18(16)24)12-25-19(27)14-7-4-5-8-15(14)20(25)28/h4-10,13H,11-12H2,1-3H3,(H,29,30)/t13-/m0/s1. The van der Waals surface area contributed by atoms with Gasteiger partial charge in [0.15, 0.2) is 0 Å². The van der Waals surface area contributed by atoms with E-state index in [-0.39, 0.29) is 29.7 Å². The minimum absolute atomic E-state index is 0.218. The van der Waals surface area contributed by atoms with Crippen molar-refractivity contribution in [1.82, 2.24) is 9.80 Å². The average molecular weight is 416 g/mol. The Morgan fingerprint density at radius 1 is 1.00 bits per heavy atom. The molecule has 0 saturated carbocycles. The molecule has 1 aliphatic heterocycles. The summed E-state index contributed by atoms with van der Waals surface area (Å²) in [6.45, 7) is 4.57. The molecule has 0 saturated heterocycles. The lowest BCUT2D eigenvalue weighted by Gasteiger charge is -2.41. The Morgan fingerprint density at radius 3 is 1.93 bits per heavy atom. The number of hydrogen-bond donors (Lipinski definition) is 1. The van der Waals surface area contributed by atoms with E-state index in [1.807, 2.05) is 0 Å². The molecular formula is C22H22F2N2O4. The van der Waals surface area contributed by atoms with E-state index in [4.69, 9.17) is 0 Å². The van der Waals surface area contributed by atoms with Crippen molar-refractivity contribution in [2.75, 3.05) is 6.54 Å². The van der Waals surface area contributed by atoms with Crippen molar-refractivity contribution in [2.45, 2.75) is 38.8 Å². The van der Waals surface area contributed by atoms with Crippen LogP contribution in [0.2, 0.25) is 0 Å². The molecule has 1 atom stereocenters. The molecule has 0 aliphatic carbocycles. The quantitative estimate of drug-likeness (QED) is 0.749. The third-order valence-electron chi connectivity index (χ3n) is 5.07. The van der Waals surface area contributed by atoms with Crippen molar-refractivity contribution in [2.24, 2.45) is 0 Å². The number of carbonyl (C=O) groups excluding carboxylic acids is 2. The molecule has 158 valence electrons. The van der Waals surface area contributed by atoms with Crippen LogP contribution in [0.25, 0.3) is 0 Å². The SMILES string of the molecule is CC(C)(C)N(C(=O)O)[C@@H](Cc1c(F)cccc1F)CN1C(=O)c2ccccc2C1=O. The number of benzene rings is 2. The minimum Gasteiger partial charge on any atom is -0.465 e. The number of amides is 3. The zero-order valence-corrected chi connectivity index (χ0v) is 16.9. The molecule has 1 heterocycles. The largest absolute Gasteiger partial charge is 0.465 e. The first-order valence-electron chi connectivity index (χ1n) is 9.42. The highest BCUT2D eigenvalue weighted by molar-refractivity contribution is 6.21. The van der Waals surface area contributed by atoms with Crippen LogP contribution < -0.4 is 0 Å². The molecule has 0 radical (unpaired) electrons. The van der Waals surface area contributed by atoms with Gasteiger partial charge in [-0.05, 0) is 45.0 Å². The topological polar surface area (TPSA) is 77.9 Å². The Hall–Kier alpha value is -3.29. The summed E-state index contributed by atoms with van der Waals surface area (Å²) in [4.78, 5) is 39.5. The average Bonchev–Trinajstić information content (AvgIpc) is 2.88. The number of fused-ring (bicyclic) bond motifs is 1. The highest BCUT2D eigenvalue weighted by Crippen LogP contribution is 2.27. The van der Waals surface area contributed by atoms with Gasteiger partial charge in [0.25, 0.3) is 11.8 Å². The Balaban J connectivity index is 2.01. The van der Waals surface area contributed by atoms with Gasteiger partial charge in [0, 0.05) is 17.5 Å². The zero-order valence-electron chi connectivity index (χ0n) is 16.9. The van der Waals surface area contributed by atoms with Crippen LogP contribution in [0.1, 0.15) is 47.1 Å². The molecule has 0 bridgehead atoms. The van der Waals surface area contributed by atoms with Gasteiger partial charge in [-0.3, -0.25) is 19.4 Å². The summed E-state index contributed by atoms with van der Waals surface area (Å²) in [5, 5.41) is 9.83. The van der Waals surface area contributed by atoms with Crippen LogP contribution in [0.4, 0.5) is 13.6 Å². The third-order valence-corrected chi connectivity index (χ3v) is 5.07. The Labute approximate surface area is 172 Å². The second-order valence-corrected chi connectivity index (χ2v) is 8.15. The summed E-state index contributed by atoms with van der Waals surface area (Å²) in [5.41, 5.74) is -0.807. The first kappa shape index (κ1) is 21.4. The van der Waals surface area contributed by atoms with Gasteiger partial charge in [0.2, 0.25) is 0 Å². The number of carboxylic acid groups (broad SMARTS) is 1. The summed E-state index contributed by atoms with van der Waals surface area (Å²) in [7, 11) is 0. The predicted octanol–water partition coefficient (Wildman–Crippen LogP) is 3.95. The van der Waals surface area contributed by atoms with Crippen molar-refractivity contribution >= 4 is 17.9 Å². The lowest BCUT2D eigenvalue weighted by Crippen LogP contribution is -2.56. The number of hydrogen-bond acceptors (Lipinski definition) is 3. The first-order valence-corrected chi connectivity index (χ1v) is 9.42. The Kier molecular flexibility index (Phi) is 5.61. The van der Waals surface area contributed by atoms with E-state index >= 15 is 0 Å². The molecule has 1 aliphatic rings. The fourth-order valence-electron chi connectivity index (χ4n) is 3.81. The number of rotatable bonds is 5. The molecule has 1 N–H and O–H groups in total. The van der Waals surface area contributed by atoms with Crippen LogP contribution in [0, 0.1) is 11.6 Å². The van der Waals surface area contributed by atoms with E-state index in [1.54, 1.807) is 32.9 Å². The number of carbonyl (C=O) groups is 3. The van der Waals surface area contributed by atoms with Crippen LogP contribution in [-0.4, -0.2) is 50.9 Å². The fraction of sp³-hybridized carbons (Fsp3) is 0.318. The molecule has 0 fully saturated rings. The van der Waals surface area contributed by atoms with Gasteiger partial charge in [0.1, 0.15) is 11.6 Å². The lowest BCUT2D eigenvalue weighted by atomic mass is 9.97. The van der Waals surface area contributed by atoms with Gasteiger partial charge in [-0.25, -0.2) is 13.6 Å². The zero-order chi connectivity index (χ0) is 22.2. The lowest BCUT2D eigenvalue weighted by molar-refractivity contribution is 0.0428. The van der Waals surface area contributed by atoms with Crippen LogP contribution in [0.15, 0.2) is 42.5 Å². The molecule has 0 unspecified atom stereocenters. The van der Waals surface area contributed by atoms with Crippen LogP contribution in [-0.2, 0) is 6.42 Å². The smallest absolute Gasteiger partial charge is 0.408 e. The van der Waals surface area contributed by atoms with Gasteiger partial charge in [-0.15, -0.1) is 0 Å². The molecule has 8 heteroatoms. The first-order chi connectivity index (χ1) is 14.0. The molecule has 0 spiro atoms. The highest BCUT2D eigenvalue weighted by Gasteiger charge is 2.41. The maximum absolute atomic E-state index is 14.3. The molecule has 0 aromatic heterocycles. The molecule has 2 aromatic rings. The minimum atomic E-state index is -1.32. The van der Waals surface area contributed by atoms with Crippen molar-refractivity contribution in [3.63, 3.8) is 0 Å². The van der Waals surface area contributed by atoms with Gasteiger partial charge >= 0.3 is 6.09 Å². The summed E-state index contributed by atoms with van der Waals surface area (Å²) in [6, 6.07) is 8.60. The van der Waals surface area contributed by atoms with E-state index < -0.39 is 41.1 Å². The normalized spacial score (nSPS) is 14.6. The van der Waals surface area contributed by atoms with Crippen LogP contribution >= 0.6 is 0 Å². The number of imide groups is 1. The van der Waals surface area contributed by atoms with Gasteiger partial charge in [-0.2, -0.15) is 0 Å². The predicted molar refractivity (Wildman–Crippen MR) is 105 cm³/mol. The maximum atomic E-state index is 14.3. The van der Waals surface area contributed by atoms with Crippen molar-refractivity contribution in [3.05, 3.63) is 70.8 Å². The monoisotopic (exact) mass is 416 g/mol. The summed E-state index contributed by atoms with van der Waals surface area (Å²) in [6.07, 6.45) is -1.66. The fourth-order valence-corrected chi connectivity index (χ4v) is 3.81. The second-order valence-electron chi connectivity index (χ2n) is 8.15. The highest BCUT2D eigenvalue weighted by atomic mass is 19.1. The summed E-state index contributed by atoms with van der Waals surface area (Å²) < 4.78 is 28.6. The number of nitrogens with zero attached hydrogens (tertiary/aromatic N) is 2. The van der Waals surface area contributed by atoms with Crippen LogP contribution in [0.3, 0.4) is 0 Å². The number of halogens is 2. The van der Waals surface area contributed by atoms with E-state index in [2.05, 4.69) is 0 Å². The molecular weight excluding hydrogens is 394 g/mol. The molecule has 30 heavy (non-hydrogen) atoms. The molecule has 3 amide bonds. The van der Waals surface area contributed by atoms with Crippen molar-refractivity contribution < 1.29 is 28.3 Å². The molecule has 3 rings (SSSR count). The third kappa shape index (κ3) is 3.90. The van der Waals surface area contributed by atoms with Gasteiger partial charge < -0.3 is 5.11 Å².